The van der Waals surface area contributed by atoms with Gasteiger partial charge in [0.1, 0.15) is 5.01 Å². The molecule has 0 aliphatic rings. The summed E-state index contributed by atoms with van der Waals surface area (Å²) in [5.74, 6) is 0.317. The summed E-state index contributed by atoms with van der Waals surface area (Å²) in [6, 6.07) is 12.8. The van der Waals surface area contributed by atoms with Crippen LogP contribution in [0.25, 0.3) is 32.7 Å². The molecule has 0 saturated carbocycles. The molecule has 0 aliphatic heterocycles. The Morgan fingerprint density at radius 2 is 1.96 bits per heavy atom. The minimum atomic E-state index is -0.223. The van der Waals surface area contributed by atoms with Crippen molar-refractivity contribution in [2.75, 3.05) is 0 Å². The molecule has 25 heavy (non-hydrogen) atoms. The molecule has 0 bridgehead atoms. The Bertz CT molecular complexity index is 1130. The first kappa shape index (κ1) is 15.7. The predicted octanol–water partition coefficient (Wildman–Crippen LogP) is 4.18. The molecule has 0 fully saturated rings. The first-order chi connectivity index (χ1) is 12.2. The van der Waals surface area contributed by atoms with E-state index in [0.29, 0.717) is 27.5 Å². The summed E-state index contributed by atoms with van der Waals surface area (Å²) in [6.45, 7) is 0. The van der Waals surface area contributed by atoms with Gasteiger partial charge in [0.15, 0.2) is 5.82 Å². The number of aromatic amines is 1. The van der Waals surface area contributed by atoms with Crippen molar-refractivity contribution in [3.05, 3.63) is 75.9 Å². The lowest BCUT2D eigenvalue weighted by molar-refractivity contribution is 1.13. The fourth-order valence-corrected chi connectivity index (χ4v) is 3.31. The average molecular weight is 367 g/mol. The molecule has 0 atom stereocenters. The van der Waals surface area contributed by atoms with Gasteiger partial charge in [-0.2, -0.15) is 0 Å². The van der Waals surface area contributed by atoms with Crippen LogP contribution in [0.15, 0.2) is 58.8 Å². The van der Waals surface area contributed by atoms with Crippen LogP contribution < -0.4 is 5.56 Å². The first-order valence-corrected chi connectivity index (χ1v) is 8.70. The van der Waals surface area contributed by atoms with Gasteiger partial charge in [-0.25, -0.2) is 9.97 Å². The fourth-order valence-electron chi connectivity index (χ4n) is 2.36. The van der Waals surface area contributed by atoms with Gasteiger partial charge in [0, 0.05) is 11.6 Å². The van der Waals surface area contributed by atoms with E-state index in [-0.39, 0.29) is 5.56 Å². The summed E-state index contributed by atoms with van der Waals surface area (Å²) >= 11 is 7.82. The zero-order chi connectivity index (χ0) is 17.2. The van der Waals surface area contributed by atoms with Gasteiger partial charge in [0.2, 0.25) is 0 Å². The Hall–Kier alpha value is -2.83. The van der Waals surface area contributed by atoms with E-state index in [0.717, 1.165) is 10.7 Å². The Morgan fingerprint density at radius 1 is 1.12 bits per heavy atom. The number of hydrogen-bond acceptors (Lipinski definition) is 5. The molecule has 0 saturated heterocycles. The van der Waals surface area contributed by atoms with Crippen molar-refractivity contribution in [3.8, 4) is 10.7 Å². The minimum absolute atomic E-state index is 0.223. The van der Waals surface area contributed by atoms with Crippen LogP contribution in [0, 0.1) is 0 Å². The van der Waals surface area contributed by atoms with Crippen LogP contribution in [-0.2, 0) is 0 Å². The quantitative estimate of drug-likeness (QED) is 0.590. The molecule has 0 spiro atoms. The van der Waals surface area contributed by atoms with E-state index < -0.39 is 0 Å². The molecule has 3 heterocycles. The van der Waals surface area contributed by atoms with E-state index in [1.165, 1.54) is 11.3 Å². The molecule has 0 amide bonds. The highest BCUT2D eigenvalue weighted by molar-refractivity contribution is 7.13. The van der Waals surface area contributed by atoms with E-state index in [1.54, 1.807) is 30.5 Å². The van der Waals surface area contributed by atoms with Crippen molar-refractivity contribution in [2.45, 2.75) is 0 Å². The molecule has 0 aliphatic carbocycles. The Labute approximate surface area is 151 Å². The molecule has 4 rings (SSSR count). The number of halogens is 1. The van der Waals surface area contributed by atoms with Crippen LogP contribution in [0.4, 0.5) is 0 Å². The fraction of sp³-hybridized carbons (Fsp3) is 0. The number of hydrogen-bond donors (Lipinski definition) is 1. The van der Waals surface area contributed by atoms with Gasteiger partial charge < -0.3 is 4.98 Å². The maximum Gasteiger partial charge on any atom is 0.259 e. The number of rotatable bonds is 3. The number of thiazole rings is 1. The van der Waals surface area contributed by atoms with Crippen molar-refractivity contribution < 1.29 is 0 Å². The van der Waals surface area contributed by atoms with E-state index in [1.807, 2.05) is 29.6 Å². The third-order valence-electron chi connectivity index (χ3n) is 3.52. The summed E-state index contributed by atoms with van der Waals surface area (Å²) in [4.78, 5) is 28.0. The lowest BCUT2D eigenvalue weighted by Gasteiger charge is -2.01. The highest BCUT2D eigenvalue weighted by Crippen LogP contribution is 2.25. The van der Waals surface area contributed by atoms with Crippen LogP contribution in [0.1, 0.15) is 11.5 Å². The molecule has 4 aromatic rings. The molecule has 1 N–H and O–H groups in total. The number of benzene rings is 1. The smallest absolute Gasteiger partial charge is 0.259 e. The second-order valence-electron chi connectivity index (χ2n) is 5.22. The molecule has 3 aromatic heterocycles. The normalized spacial score (nSPS) is 11.8. The summed E-state index contributed by atoms with van der Waals surface area (Å²) in [6.07, 6.45) is 3.40. The van der Waals surface area contributed by atoms with E-state index in [9.17, 15) is 4.79 Å². The molecule has 0 unspecified atom stereocenters. The van der Waals surface area contributed by atoms with Crippen molar-refractivity contribution in [3.63, 3.8) is 0 Å². The van der Waals surface area contributed by atoms with Crippen LogP contribution in [0.3, 0.4) is 0 Å². The molecular formula is C18H11ClN4OS. The van der Waals surface area contributed by atoms with Crippen molar-refractivity contribution in [1.82, 2.24) is 19.9 Å². The van der Waals surface area contributed by atoms with Crippen LogP contribution >= 0.6 is 22.9 Å². The second-order valence-corrected chi connectivity index (χ2v) is 6.48. The first-order valence-electron chi connectivity index (χ1n) is 7.44. The number of nitrogens with zero attached hydrogens (tertiary/aromatic N) is 3. The van der Waals surface area contributed by atoms with E-state index >= 15 is 0 Å². The standard InChI is InChI=1S/C18H11ClN4OS/c19-13(16-22-14-6-2-1-5-12(14)17(24)23-16)9-11-10-25-18(21-11)15-7-3-4-8-20-15/h1-10H,(H,22,23,24)/b13-9+. The van der Waals surface area contributed by atoms with Gasteiger partial charge in [-0.1, -0.05) is 29.8 Å². The van der Waals surface area contributed by atoms with Crippen molar-refractivity contribution >= 4 is 44.9 Å². The number of H-pyrrole nitrogens is 1. The minimum Gasteiger partial charge on any atom is -0.305 e. The summed E-state index contributed by atoms with van der Waals surface area (Å²) < 4.78 is 0. The number of fused-ring (bicyclic) bond motifs is 1. The average Bonchev–Trinajstić information content (AvgIpc) is 3.11. The van der Waals surface area contributed by atoms with Crippen LogP contribution in [0.2, 0.25) is 0 Å². The van der Waals surface area contributed by atoms with Gasteiger partial charge in [-0.3, -0.25) is 9.78 Å². The summed E-state index contributed by atoms with van der Waals surface area (Å²) in [5.41, 5.74) is 1.87. The lowest BCUT2D eigenvalue weighted by atomic mass is 10.2. The molecule has 122 valence electrons. The van der Waals surface area contributed by atoms with Gasteiger partial charge in [0.05, 0.1) is 27.3 Å². The third kappa shape index (κ3) is 3.22. The number of pyridine rings is 1. The maximum absolute atomic E-state index is 12.1. The van der Waals surface area contributed by atoms with Crippen molar-refractivity contribution in [2.24, 2.45) is 0 Å². The van der Waals surface area contributed by atoms with Gasteiger partial charge in [-0.05, 0) is 30.3 Å². The topological polar surface area (TPSA) is 71.5 Å². The van der Waals surface area contributed by atoms with E-state index in [2.05, 4.69) is 19.9 Å². The van der Waals surface area contributed by atoms with Crippen LogP contribution in [-0.4, -0.2) is 19.9 Å². The predicted molar refractivity (Wildman–Crippen MR) is 101 cm³/mol. The van der Waals surface area contributed by atoms with Crippen LogP contribution in [0.5, 0.6) is 0 Å². The van der Waals surface area contributed by atoms with Crippen molar-refractivity contribution in [1.29, 1.82) is 0 Å². The second kappa shape index (κ2) is 6.58. The molecule has 0 radical (unpaired) electrons. The van der Waals surface area contributed by atoms with Gasteiger partial charge in [-0.15, -0.1) is 11.3 Å². The SMILES string of the molecule is O=c1[nH]c(/C(Cl)=C\c2csc(-c3ccccn3)n2)nc2ccccc12. The maximum atomic E-state index is 12.1. The van der Waals surface area contributed by atoms with Gasteiger partial charge in [0.25, 0.3) is 5.56 Å². The van der Waals surface area contributed by atoms with Gasteiger partial charge >= 0.3 is 0 Å². The molecular weight excluding hydrogens is 356 g/mol. The Balaban J connectivity index is 1.70. The number of aromatic nitrogens is 4. The highest BCUT2D eigenvalue weighted by atomic mass is 35.5. The Kier molecular flexibility index (Phi) is 4.13. The summed E-state index contributed by atoms with van der Waals surface area (Å²) in [5, 5.41) is 3.53. The molecule has 7 heteroatoms. The summed E-state index contributed by atoms with van der Waals surface area (Å²) in [7, 11) is 0. The molecule has 1 aromatic carbocycles. The van der Waals surface area contributed by atoms with E-state index in [4.69, 9.17) is 11.6 Å². The zero-order valence-electron chi connectivity index (χ0n) is 12.8. The highest BCUT2D eigenvalue weighted by Gasteiger charge is 2.09. The number of para-hydroxylation sites is 1. The Morgan fingerprint density at radius 3 is 2.80 bits per heavy atom. The molecule has 5 nitrogen and oxygen atoms in total. The zero-order valence-corrected chi connectivity index (χ0v) is 14.4. The third-order valence-corrected chi connectivity index (χ3v) is 4.69. The monoisotopic (exact) mass is 366 g/mol. The number of nitrogens with one attached hydrogen (secondary N) is 1. The largest absolute Gasteiger partial charge is 0.305 e. The lowest BCUT2D eigenvalue weighted by Crippen LogP contribution is -2.10.